The molecule has 0 fully saturated rings. The van der Waals surface area contributed by atoms with Gasteiger partial charge in [-0.25, -0.2) is 13.6 Å². The molecule has 1 atom stereocenters. The summed E-state index contributed by atoms with van der Waals surface area (Å²) in [6.07, 6.45) is 0.578. The number of methoxy groups -OCH3 is 1. The van der Waals surface area contributed by atoms with E-state index in [1.807, 2.05) is 5.38 Å². The van der Waals surface area contributed by atoms with Crippen molar-refractivity contribution in [1.82, 2.24) is 4.90 Å². The highest BCUT2D eigenvalue weighted by Crippen LogP contribution is 2.35. The van der Waals surface area contributed by atoms with Crippen molar-refractivity contribution in [3.8, 4) is 0 Å². The van der Waals surface area contributed by atoms with Crippen molar-refractivity contribution in [2.45, 2.75) is 12.5 Å². The van der Waals surface area contributed by atoms with E-state index in [1.54, 1.807) is 6.07 Å². The van der Waals surface area contributed by atoms with Crippen LogP contribution in [0.2, 0.25) is 0 Å². The van der Waals surface area contributed by atoms with Crippen LogP contribution in [0.4, 0.5) is 8.78 Å². The summed E-state index contributed by atoms with van der Waals surface area (Å²) in [4.78, 5) is 27.1. The number of fused-ring (bicyclic) bond motifs is 1. The lowest BCUT2D eigenvalue weighted by molar-refractivity contribution is -0.146. The maximum absolute atomic E-state index is 13.9. The van der Waals surface area contributed by atoms with Crippen molar-refractivity contribution in [1.29, 1.82) is 0 Å². The zero-order valence-electron chi connectivity index (χ0n) is 12.2. The molecule has 0 radical (unpaired) electrons. The third-order valence-corrected chi connectivity index (χ3v) is 4.81. The van der Waals surface area contributed by atoms with E-state index in [0.717, 1.165) is 17.0 Å². The molecular formula is C16H13F2NO3S. The highest BCUT2D eigenvalue weighted by atomic mass is 32.1. The van der Waals surface area contributed by atoms with Gasteiger partial charge < -0.3 is 9.64 Å². The Hall–Kier alpha value is -2.28. The molecule has 1 amide bonds. The van der Waals surface area contributed by atoms with Gasteiger partial charge in [0.2, 0.25) is 0 Å². The van der Waals surface area contributed by atoms with Crippen LogP contribution in [0.1, 0.15) is 26.8 Å². The number of benzene rings is 1. The molecule has 1 aliphatic rings. The van der Waals surface area contributed by atoms with E-state index in [1.165, 1.54) is 23.3 Å². The molecule has 4 nitrogen and oxygen atoms in total. The van der Waals surface area contributed by atoms with Gasteiger partial charge in [0.05, 0.1) is 12.7 Å². The lowest BCUT2D eigenvalue weighted by Gasteiger charge is -2.34. The van der Waals surface area contributed by atoms with Gasteiger partial charge in [-0.2, -0.15) is 0 Å². The topological polar surface area (TPSA) is 46.6 Å². The fraction of sp³-hybridized carbons (Fsp3) is 0.250. The lowest BCUT2D eigenvalue weighted by atomic mass is 9.98. The zero-order chi connectivity index (χ0) is 16.6. The molecule has 23 heavy (non-hydrogen) atoms. The Kier molecular flexibility index (Phi) is 4.12. The molecule has 1 aromatic carbocycles. The summed E-state index contributed by atoms with van der Waals surface area (Å²) in [6, 6.07) is 3.61. The summed E-state index contributed by atoms with van der Waals surface area (Å²) in [7, 11) is 1.24. The molecule has 0 aliphatic carbocycles. The summed E-state index contributed by atoms with van der Waals surface area (Å²) in [6.45, 7) is 0.267. The summed E-state index contributed by atoms with van der Waals surface area (Å²) in [5.41, 5.74) is 0.433. The fourth-order valence-electron chi connectivity index (χ4n) is 2.72. The third-order valence-electron chi connectivity index (χ3n) is 3.81. The van der Waals surface area contributed by atoms with E-state index in [9.17, 15) is 18.4 Å². The summed E-state index contributed by atoms with van der Waals surface area (Å²) in [5, 5.41) is 1.84. The summed E-state index contributed by atoms with van der Waals surface area (Å²) in [5.74, 6) is -2.95. The smallest absolute Gasteiger partial charge is 0.333 e. The maximum Gasteiger partial charge on any atom is 0.333 e. The van der Waals surface area contributed by atoms with E-state index >= 15 is 0 Å². The van der Waals surface area contributed by atoms with Crippen LogP contribution in [-0.4, -0.2) is 30.4 Å². The number of nitrogens with zero attached hydrogens (tertiary/aromatic N) is 1. The Morgan fingerprint density at radius 2 is 2.09 bits per heavy atom. The first-order chi connectivity index (χ1) is 11.0. The molecule has 2 aromatic rings. The van der Waals surface area contributed by atoms with Crippen molar-refractivity contribution in [3.05, 3.63) is 57.3 Å². The van der Waals surface area contributed by atoms with Crippen LogP contribution in [0, 0.1) is 11.6 Å². The van der Waals surface area contributed by atoms with Crippen molar-refractivity contribution in [2.24, 2.45) is 0 Å². The minimum Gasteiger partial charge on any atom is -0.467 e. The van der Waals surface area contributed by atoms with Crippen LogP contribution in [0.25, 0.3) is 0 Å². The third kappa shape index (κ3) is 2.72. The quantitative estimate of drug-likeness (QED) is 0.792. The lowest BCUT2D eigenvalue weighted by Crippen LogP contribution is -2.43. The Labute approximate surface area is 135 Å². The second-order valence-electron chi connectivity index (χ2n) is 5.10. The van der Waals surface area contributed by atoms with Crippen LogP contribution < -0.4 is 0 Å². The first-order valence-electron chi connectivity index (χ1n) is 6.93. The molecule has 0 saturated carbocycles. The number of halogens is 2. The number of hydrogen-bond acceptors (Lipinski definition) is 4. The Balaban J connectivity index is 2.00. The van der Waals surface area contributed by atoms with Gasteiger partial charge >= 0.3 is 5.97 Å². The predicted molar refractivity (Wildman–Crippen MR) is 80.2 cm³/mol. The Bertz CT molecular complexity index is 774. The molecule has 0 saturated heterocycles. The van der Waals surface area contributed by atoms with Crippen molar-refractivity contribution in [2.75, 3.05) is 13.7 Å². The van der Waals surface area contributed by atoms with Gasteiger partial charge in [0.1, 0.15) is 11.6 Å². The molecule has 0 bridgehead atoms. The molecule has 1 unspecified atom stereocenters. The van der Waals surface area contributed by atoms with E-state index in [-0.39, 0.29) is 12.1 Å². The van der Waals surface area contributed by atoms with E-state index in [0.29, 0.717) is 18.1 Å². The minimum atomic E-state index is -0.949. The van der Waals surface area contributed by atoms with E-state index < -0.39 is 29.6 Å². The van der Waals surface area contributed by atoms with Gasteiger partial charge in [-0.05, 0) is 35.6 Å². The molecular weight excluding hydrogens is 324 g/mol. The molecule has 1 aliphatic heterocycles. The number of rotatable bonds is 2. The zero-order valence-corrected chi connectivity index (χ0v) is 13.0. The number of carbonyl (C=O) groups excluding carboxylic acids is 2. The number of hydrogen-bond donors (Lipinski definition) is 0. The summed E-state index contributed by atoms with van der Waals surface area (Å²) >= 11 is 1.50. The van der Waals surface area contributed by atoms with Crippen LogP contribution in [0.5, 0.6) is 0 Å². The van der Waals surface area contributed by atoms with Gasteiger partial charge in [0, 0.05) is 17.5 Å². The second-order valence-corrected chi connectivity index (χ2v) is 6.10. The Morgan fingerprint density at radius 1 is 1.30 bits per heavy atom. The van der Waals surface area contributed by atoms with Gasteiger partial charge in [-0.1, -0.05) is 0 Å². The van der Waals surface area contributed by atoms with Gasteiger partial charge in [-0.3, -0.25) is 4.79 Å². The van der Waals surface area contributed by atoms with Gasteiger partial charge in [0.15, 0.2) is 6.04 Å². The number of amides is 1. The second kappa shape index (κ2) is 6.08. The summed E-state index contributed by atoms with van der Waals surface area (Å²) < 4.78 is 31.7. The SMILES string of the molecule is COC(=O)C1c2ccsc2CCN1C(=O)c1ccc(F)cc1F. The standard InChI is InChI=1S/C16H13F2NO3S/c1-22-16(21)14-11-5-7-23-13(11)4-6-19(14)15(20)10-3-2-9(17)8-12(10)18/h2-3,5,7-8,14H,4,6H2,1H3. The van der Waals surface area contributed by atoms with Gasteiger partial charge in [-0.15, -0.1) is 11.3 Å². The maximum atomic E-state index is 13.9. The minimum absolute atomic E-state index is 0.265. The largest absolute Gasteiger partial charge is 0.467 e. The monoisotopic (exact) mass is 337 g/mol. The molecule has 120 valence electrons. The van der Waals surface area contributed by atoms with Crippen molar-refractivity contribution >= 4 is 23.2 Å². The fourth-order valence-corrected chi connectivity index (χ4v) is 3.62. The normalized spacial score (nSPS) is 16.8. The first kappa shape index (κ1) is 15.6. The number of ether oxygens (including phenoxy) is 1. The highest BCUT2D eigenvalue weighted by molar-refractivity contribution is 7.10. The average Bonchev–Trinajstić information content (AvgIpc) is 3.01. The van der Waals surface area contributed by atoms with Crippen LogP contribution in [0.3, 0.4) is 0 Å². The molecule has 0 N–H and O–H groups in total. The number of thiophene rings is 1. The first-order valence-corrected chi connectivity index (χ1v) is 7.81. The molecule has 0 spiro atoms. The van der Waals surface area contributed by atoms with E-state index in [2.05, 4.69) is 0 Å². The molecule has 7 heteroatoms. The van der Waals surface area contributed by atoms with Crippen molar-refractivity contribution in [3.63, 3.8) is 0 Å². The highest BCUT2D eigenvalue weighted by Gasteiger charge is 2.38. The van der Waals surface area contributed by atoms with Crippen LogP contribution >= 0.6 is 11.3 Å². The average molecular weight is 337 g/mol. The van der Waals surface area contributed by atoms with Crippen LogP contribution in [0.15, 0.2) is 29.6 Å². The number of esters is 1. The van der Waals surface area contributed by atoms with Crippen LogP contribution in [-0.2, 0) is 16.0 Å². The Morgan fingerprint density at radius 3 is 2.78 bits per heavy atom. The van der Waals surface area contributed by atoms with Crippen molar-refractivity contribution < 1.29 is 23.1 Å². The molecule has 1 aromatic heterocycles. The van der Waals surface area contributed by atoms with E-state index in [4.69, 9.17) is 4.74 Å². The number of carbonyl (C=O) groups is 2. The molecule has 2 heterocycles. The molecule has 3 rings (SSSR count). The van der Waals surface area contributed by atoms with Gasteiger partial charge in [0.25, 0.3) is 5.91 Å². The predicted octanol–water partition coefficient (Wildman–Crippen LogP) is 2.94.